The van der Waals surface area contributed by atoms with Gasteiger partial charge >= 0.3 is 0 Å². The van der Waals surface area contributed by atoms with E-state index in [0.29, 0.717) is 0 Å². The van der Waals surface area contributed by atoms with Gasteiger partial charge in [0, 0.05) is 12.2 Å². The molecule has 0 saturated carbocycles. The highest BCUT2D eigenvalue weighted by Gasteiger charge is 2.21. The van der Waals surface area contributed by atoms with E-state index in [1.165, 1.54) is 22.4 Å². The molecular weight excluding hydrogens is 288 g/mol. The fraction of sp³-hybridized carbons (Fsp3) is 0.316. The minimum atomic E-state index is 0.213. The second-order valence-electron chi connectivity index (χ2n) is 5.97. The SMILES string of the molecule is Cc1ccc2c(c1)CCCN2C(=S)NC(C)c1ccccc1. The fourth-order valence-corrected chi connectivity index (χ4v) is 3.39. The van der Waals surface area contributed by atoms with Crippen LogP contribution in [-0.2, 0) is 6.42 Å². The summed E-state index contributed by atoms with van der Waals surface area (Å²) in [5, 5.41) is 4.30. The van der Waals surface area contributed by atoms with E-state index in [2.05, 4.69) is 66.5 Å². The largest absolute Gasteiger partial charge is 0.356 e. The molecule has 1 heterocycles. The Morgan fingerprint density at radius 3 is 2.73 bits per heavy atom. The van der Waals surface area contributed by atoms with Crippen molar-refractivity contribution in [1.29, 1.82) is 0 Å². The van der Waals surface area contributed by atoms with E-state index < -0.39 is 0 Å². The minimum absolute atomic E-state index is 0.213. The Bertz CT molecular complexity index is 666. The van der Waals surface area contributed by atoms with Crippen molar-refractivity contribution in [3.05, 3.63) is 65.2 Å². The molecule has 2 aromatic rings. The fourth-order valence-electron chi connectivity index (χ4n) is 3.03. The van der Waals surface area contributed by atoms with Gasteiger partial charge in [-0.05, 0) is 56.1 Å². The average Bonchev–Trinajstić information content (AvgIpc) is 2.54. The maximum Gasteiger partial charge on any atom is 0.173 e. The highest BCUT2D eigenvalue weighted by atomic mass is 32.1. The number of aryl methyl sites for hydroxylation is 2. The Balaban J connectivity index is 1.77. The molecule has 22 heavy (non-hydrogen) atoms. The molecule has 0 amide bonds. The summed E-state index contributed by atoms with van der Waals surface area (Å²) < 4.78 is 0. The maximum atomic E-state index is 5.67. The van der Waals surface area contributed by atoms with E-state index in [-0.39, 0.29) is 6.04 Å². The van der Waals surface area contributed by atoms with Gasteiger partial charge in [0.05, 0.1) is 6.04 Å². The highest BCUT2D eigenvalue weighted by Crippen LogP contribution is 2.28. The summed E-state index contributed by atoms with van der Waals surface area (Å²) in [6.07, 6.45) is 2.29. The molecule has 1 N–H and O–H groups in total. The molecule has 0 aliphatic carbocycles. The summed E-state index contributed by atoms with van der Waals surface area (Å²) in [5.41, 5.74) is 5.24. The first kappa shape index (κ1) is 15.0. The van der Waals surface area contributed by atoms with Gasteiger partial charge in [0.15, 0.2) is 5.11 Å². The zero-order chi connectivity index (χ0) is 15.5. The van der Waals surface area contributed by atoms with Crippen LogP contribution in [0.1, 0.15) is 36.1 Å². The molecule has 3 rings (SSSR count). The van der Waals surface area contributed by atoms with Gasteiger partial charge in [0.1, 0.15) is 0 Å². The number of hydrogen-bond donors (Lipinski definition) is 1. The Kier molecular flexibility index (Phi) is 4.44. The van der Waals surface area contributed by atoms with Crippen molar-refractivity contribution in [2.45, 2.75) is 32.7 Å². The summed E-state index contributed by atoms with van der Waals surface area (Å²) >= 11 is 5.67. The molecular formula is C19H22N2S. The third-order valence-corrected chi connectivity index (χ3v) is 4.58. The Labute approximate surface area is 138 Å². The smallest absolute Gasteiger partial charge is 0.173 e. The van der Waals surface area contributed by atoms with Gasteiger partial charge in [0.2, 0.25) is 0 Å². The van der Waals surface area contributed by atoms with Gasteiger partial charge in [0.25, 0.3) is 0 Å². The summed E-state index contributed by atoms with van der Waals surface area (Å²) in [6.45, 7) is 5.29. The summed E-state index contributed by atoms with van der Waals surface area (Å²) in [4.78, 5) is 2.24. The number of fused-ring (bicyclic) bond motifs is 1. The third kappa shape index (κ3) is 3.14. The van der Waals surface area contributed by atoms with Crippen LogP contribution in [-0.4, -0.2) is 11.7 Å². The number of anilines is 1. The van der Waals surface area contributed by atoms with Crippen LogP contribution in [0.3, 0.4) is 0 Å². The summed E-state index contributed by atoms with van der Waals surface area (Å²) in [5.74, 6) is 0. The number of nitrogens with one attached hydrogen (secondary N) is 1. The Hall–Kier alpha value is -1.87. The predicted octanol–water partition coefficient (Wildman–Crippen LogP) is 4.38. The molecule has 2 nitrogen and oxygen atoms in total. The van der Waals surface area contributed by atoms with E-state index in [1.807, 2.05) is 6.07 Å². The van der Waals surface area contributed by atoms with Gasteiger partial charge in [-0.2, -0.15) is 0 Å². The first-order valence-electron chi connectivity index (χ1n) is 7.87. The van der Waals surface area contributed by atoms with Crippen molar-refractivity contribution in [3.63, 3.8) is 0 Å². The molecule has 1 unspecified atom stereocenters. The zero-order valence-electron chi connectivity index (χ0n) is 13.2. The van der Waals surface area contributed by atoms with Crippen LogP contribution < -0.4 is 10.2 Å². The monoisotopic (exact) mass is 310 g/mol. The molecule has 114 valence electrons. The van der Waals surface area contributed by atoms with Crippen molar-refractivity contribution in [2.75, 3.05) is 11.4 Å². The van der Waals surface area contributed by atoms with E-state index in [0.717, 1.165) is 24.5 Å². The molecule has 3 heteroatoms. The third-order valence-electron chi connectivity index (χ3n) is 4.24. The van der Waals surface area contributed by atoms with E-state index in [4.69, 9.17) is 12.2 Å². The van der Waals surface area contributed by atoms with Crippen molar-refractivity contribution < 1.29 is 0 Å². The molecule has 1 aliphatic heterocycles. The lowest BCUT2D eigenvalue weighted by molar-refractivity contribution is 0.696. The second kappa shape index (κ2) is 6.49. The zero-order valence-corrected chi connectivity index (χ0v) is 14.0. The van der Waals surface area contributed by atoms with Gasteiger partial charge in [-0.3, -0.25) is 0 Å². The number of rotatable bonds is 2. The van der Waals surface area contributed by atoms with Crippen molar-refractivity contribution in [2.24, 2.45) is 0 Å². The summed E-state index contributed by atoms with van der Waals surface area (Å²) in [7, 11) is 0. The molecule has 0 saturated heterocycles. The molecule has 1 aliphatic rings. The first-order chi connectivity index (χ1) is 10.6. The van der Waals surface area contributed by atoms with Crippen molar-refractivity contribution in [1.82, 2.24) is 5.32 Å². The topological polar surface area (TPSA) is 15.3 Å². The van der Waals surface area contributed by atoms with E-state index in [1.54, 1.807) is 0 Å². The average molecular weight is 310 g/mol. The van der Waals surface area contributed by atoms with Crippen LogP contribution in [0.4, 0.5) is 5.69 Å². The van der Waals surface area contributed by atoms with Gasteiger partial charge in [-0.25, -0.2) is 0 Å². The quantitative estimate of drug-likeness (QED) is 0.829. The minimum Gasteiger partial charge on any atom is -0.356 e. The van der Waals surface area contributed by atoms with Crippen LogP contribution >= 0.6 is 12.2 Å². The predicted molar refractivity (Wildman–Crippen MR) is 97.4 cm³/mol. The lowest BCUT2D eigenvalue weighted by atomic mass is 10.00. The van der Waals surface area contributed by atoms with Gasteiger partial charge in [-0.1, -0.05) is 48.0 Å². The van der Waals surface area contributed by atoms with Crippen molar-refractivity contribution in [3.8, 4) is 0 Å². The van der Waals surface area contributed by atoms with Crippen LogP contribution in [0.5, 0.6) is 0 Å². The number of benzene rings is 2. The second-order valence-corrected chi connectivity index (χ2v) is 6.36. The molecule has 0 spiro atoms. The maximum absolute atomic E-state index is 5.67. The van der Waals surface area contributed by atoms with Crippen LogP contribution in [0.25, 0.3) is 0 Å². The van der Waals surface area contributed by atoms with E-state index >= 15 is 0 Å². The van der Waals surface area contributed by atoms with Crippen LogP contribution in [0.2, 0.25) is 0 Å². The first-order valence-corrected chi connectivity index (χ1v) is 8.28. The number of hydrogen-bond acceptors (Lipinski definition) is 1. The molecule has 0 fully saturated rings. The van der Waals surface area contributed by atoms with Gasteiger partial charge < -0.3 is 10.2 Å². The van der Waals surface area contributed by atoms with E-state index in [9.17, 15) is 0 Å². The van der Waals surface area contributed by atoms with Crippen LogP contribution in [0.15, 0.2) is 48.5 Å². The highest BCUT2D eigenvalue weighted by molar-refractivity contribution is 7.80. The van der Waals surface area contributed by atoms with Crippen molar-refractivity contribution >= 4 is 23.0 Å². The number of thiocarbonyl (C=S) groups is 1. The number of nitrogens with zero attached hydrogens (tertiary/aromatic N) is 1. The molecule has 0 aromatic heterocycles. The molecule has 2 aromatic carbocycles. The Morgan fingerprint density at radius 1 is 1.18 bits per heavy atom. The van der Waals surface area contributed by atoms with Gasteiger partial charge in [-0.15, -0.1) is 0 Å². The lowest BCUT2D eigenvalue weighted by Gasteiger charge is -2.33. The lowest BCUT2D eigenvalue weighted by Crippen LogP contribution is -2.43. The standard InChI is InChI=1S/C19H22N2S/c1-14-10-11-18-17(13-14)9-6-12-21(18)19(22)20-15(2)16-7-4-3-5-8-16/h3-5,7-8,10-11,13,15H,6,9,12H2,1-2H3,(H,20,22). The molecule has 0 bridgehead atoms. The molecule has 1 atom stereocenters. The normalized spacial score (nSPS) is 15.1. The van der Waals surface area contributed by atoms with Crippen LogP contribution in [0, 0.1) is 6.92 Å². The Morgan fingerprint density at radius 2 is 1.95 bits per heavy atom. The summed E-state index contributed by atoms with van der Waals surface area (Å²) in [6, 6.07) is 17.3. The molecule has 0 radical (unpaired) electrons.